The molecule has 0 N–H and O–H groups in total. The summed E-state index contributed by atoms with van der Waals surface area (Å²) in [5.41, 5.74) is 11.0. The van der Waals surface area contributed by atoms with Crippen molar-refractivity contribution in [1.82, 2.24) is 0 Å². The van der Waals surface area contributed by atoms with Gasteiger partial charge in [-0.1, -0.05) is 305 Å². The normalized spacial score (nSPS) is 19.6. The second kappa shape index (κ2) is 55.1. The highest BCUT2D eigenvalue weighted by Gasteiger charge is 2.28. The van der Waals surface area contributed by atoms with Crippen LogP contribution in [0.2, 0.25) is 0 Å². The lowest BCUT2D eigenvalue weighted by molar-refractivity contribution is 0.00527. The van der Waals surface area contributed by atoms with E-state index in [2.05, 4.69) is 46.8 Å². The number of rotatable bonds is 17. The summed E-state index contributed by atoms with van der Waals surface area (Å²) in [6, 6.07) is 45.9. The molecule has 0 amide bonds. The molecule has 0 heterocycles. The fraction of sp³-hybridized carbons (Fsp3) is 0.478. The van der Waals surface area contributed by atoms with Gasteiger partial charge < -0.3 is 9.47 Å². The van der Waals surface area contributed by atoms with Crippen molar-refractivity contribution >= 4 is 0 Å². The van der Waals surface area contributed by atoms with E-state index in [4.69, 9.17) is 9.47 Å². The van der Waals surface area contributed by atoms with Crippen LogP contribution in [0.5, 0.6) is 0 Å². The Balaban J connectivity index is 0.000000273. The molecule has 0 saturated heterocycles. The summed E-state index contributed by atoms with van der Waals surface area (Å²) in [5.74, 6) is -4.67. The molecule has 718 valence electrons. The molecule has 16 heteroatoms. The van der Waals surface area contributed by atoms with E-state index in [1.165, 1.54) is 56.9 Å². The topological polar surface area (TPSA) is 18.5 Å². The Morgan fingerprint density at radius 2 is 0.527 bits per heavy atom. The van der Waals surface area contributed by atoms with Crippen molar-refractivity contribution in [2.45, 2.75) is 324 Å². The highest BCUT2D eigenvalue weighted by atomic mass is 19.2. The van der Waals surface area contributed by atoms with Gasteiger partial charge in [-0.2, -0.15) is 0 Å². The molecule has 0 aliphatic heterocycles. The minimum absolute atomic E-state index is 0. The zero-order valence-corrected chi connectivity index (χ0v) is 77.0. The van der Waals surface area contributed by atoms with Crippen LogP contribution in [0.4, 0.5) is 61.5 Å². The van der Waals surface area contributed by atoms with Crippen LogP contribution < -0.4 is 0 Å². The van der Waals surface area contributed by atoms with Crippen molar-refractivity contribution in [1.29, 1.82) is 0 Å². The number of hydrogen-bond donors (Lipinski definition) is 0. The maximum Gasteiger partial charge on any atom is 0.167 e. The third-order valence-electron chi connectivity index (χ3n) is 26.6. The molecular formula is C115H148F14O2. The molecule has 0 radical (unpaired) electrons. The summed E-state index contributed by atoms with van der Waals surface area (Å²) in [7, 11) is 0. The fourth-order valence-corrected chi connectivity index (χ4v) is 17.4. The maximum absolute atomic E-state index is 14.4. The Labute approximate surface area is 777 Å². The van der Waals surface area contributed by atoms with Crippen LogP contribution in [-0.4, -0.2) is 12.2 Å². The Bertz CT molecular complexity index is 4980. The molecular weight excluding hydrogens is 1680 g/mol. The first-order valence-electron chi connectivity index (χ1n) is 46.3. The van der Waals surface area contributed by atoms with Crippen molar-refractivity contribution in [3.8, 4) is 33.4 Å². The quantitative estimate of drug-likeness (QED) is 0.0846. The molecule has 0 aromatic heterocycles. The molecule has 2 nitrogen and oxygen atoms in total. The Hall–Kier alpha value is -8.86. The molecule has 0 atom stereocenters. The summed E-state index contributed by atoms with van der Waals surface area (Å²) in [6.07, 6.45) is 26.9. The van der Waals surface area contributed by atoms with Crippen molar-refractivity contribution in [3.63, 3.8) is 0 Å². The van der Waals surface area contributed by atoms with Gasteiger partial charge in [0.15, 0.2) is 81.4 Å². The second-order valence-electron chi connectivity index (χ2n) is 36.9. The molecule has 5 aliphatic rings. The molecule has 5 saturated carbocycles. The molecule has 0 unspecified atom stereocenters. The van der Waals surface area contributed by atoms with Gasteiger partial charge >= 0.3 is 0 Å². The largest absolute Gasteiger partial charge is 0.373 e. The summed E-state index contributed by atoms with van der Waals surface area (Å²) < 4.78 is 203. The van der Waals surface area contributed by atoms with E-state index in [0.29, 0.717) is 109 Å². The zero-order valence-electron chi connectivity index (χ0n) is 77.0. The number of ether oxygens (including phenoxy) is 2. The minimum Gasteiger partial charge on any atom is -0.373 e. The van der Waals surface area contributed by atoms with Crippen LogP contribution >= 0.6 is 0 Å². The average molecular weight is 1830 g/mol. The van der Waals surface area contributed by atoms with Crippen molar-refractivity contribution in [3.05, 3.63) is 317 Å². The van der Waals surface area contributed by atoms with Gasteiger partial charge in [-0.05, 0) is 271 Å². The van der Waals surface area contributed by atoms with E-state index in [0.717, 1.165) is 136 Å². The third-order valence-corrected chi connectivity index (χ3v) is 26.6. The second-order valence-corrected chi connectivity index (χ2v) is 36.9. The van der Waals surface area contributed by atoms with Gasteiger partial charge in [0.1, 0.15) is 0 Å². The summed E-state index contributed by atoms with van der Waals surface area (Å²) in [6.45, 7) is 27.2. The maximum atomic E-state index is 14.4. The highest BCUT2D eigenvalue weighted by molar-refractivity contribution is 5.72. The average Bonchev–Trinajstić information content (AvgIpc) is 0.801. The smallest absolute Gasteiger partial charge is 0.167 e. The van der Waals surface area contributed by atoms with E-state index in [1.54, 1.807) is 151 Å². The monoisotopic (exact) mass is 1830 g/mol. The van der Waals surface area contributed by atoms with Gasteiger partial charge in [0.25, 0.3) is 0 Å². The van der Waals surface area contributed by atoms with Crippen LogP contribution in [0.3, 0.4) is 0 Å². The first-order chi connectivity index (χ1) is 60.6. The van der Waals surface area contributed by atoms with Crippen LogP contribution in [0.25, 0.3) is 33.4 Å². The molecule has 5 fully saturated rings. The van der Waals surface area contributed by atoms with Crippen LogP contribution in [0.1, 0.15) is 309 Å². The SMILES string of the molecule is C.C.C.C.CC1CCC(OCc2ccc(COC3CCC(C)CC3)c(F)c2F)CC1.CCCc1ccc(C)c(F)c1F.CCc1ccc(C)c(F)c1F.Cc1ccc(-c2ccc(-c3ccc(C)cc3)c(F)c2F)cc1.Cc1ccc(-c2ccc(C3CCC(C)CC3)cc2)c(F)c1F.Cc1ccc(C2CCC(C)CC2)c(F)c1F.Cc1ccc(CCC2CCC(C)CC2)c(F)c1F. The van der Waals surface area contributed by atoms with E-state index in [9.17, 15) is 61.5 Å². The molecule has 0 bridgehead atoms. The van der Waals surface area contributed by atoms with E-state index < -0.39 is 81.4 Å². The Kier molecular flexibility index (Phi) is 47.4. The predicted molar refractivity (Wildman–Crippen MR) is 517 cm³/mol. The molecule has 131 heavy (non-hydrogen) atoms. The first-order valence-corrected chi connectivity index (χ1v) is 46.3. The summed E-state index contributed by atoms with van der Waals surface area (Å²) >= 11 is 0. The molecule has 15 rings (SSSR count). The Morgan fingerprint density at radius 1 is 0.252 bits per heavy atom. The lowest BCUT2D eigenvalue weighted by Crippen LogP contribution is -2.21. The zero-order chi connectivity index (χ0) is 92.3. The van der Waals surface area contributed by atoms with Crippen molar-refractivity contribution < 1.29 is 70.9 Å². The fourth-order valence-electron chi connectivity index (χ4n) is 17.4. The van der Waals surface area contributed by atoms with Gasteiger partial charge in [0.05, 0.1) is 25.4 Å². The minimum atomic E-state index is -0.804. The van der Waals surface area contributed by atoms with Crippen molar-refractivity contribution in [2.75, 3.05) is 0 Å². The van der Waals surface area contributed by atoms with Gasteiger partial charge in [-0.25, -0.2) is 61.5 Å². The van der Waals surface area contributed by atoms with E-state index in [-0.39, 0.29) is 72.2 Å². The van der Waals surface area contributed by atoms with Gasteiger partial charge in [0.2, 0.25) is 0 Å². The molecule has 10 aromatic rings. The summed E-state index contributed by atoms with van der Waals surface area (Å²) in [5, 5.41) is 0. The first kappa shape index (κ1) is 113. The van der Waals surface area contributed by atoms with Crippen LogP contribution in [0.15, 0.2) is 158 Å². The van der Waals surface area contributed by atoms with Gasteiger partial charge in [0, 0.05) is 27.8 Å². The van der Waals surface area contributed by atoms with Crippen molar-refractivity contribution in [2.24, 2.45) is 35.5 Å². The molecule has 0 spiro atoms. The standard InChI is InChI=1S/C22H32F2O2.C20H16F2.C20H22F2.C16H22F2.C14H18F2.C10H12F2.C9H10F2.4CH4/c1-15-3-9-19(10-4-15)25-13-17-7-8-18(22(24)21(17)23)14-26-20-11-5-16(2)6-12-20;1-13-3-7-15(8-4-13)17-11-12-18(20(22)19(17)21)16-9-5-14(2)6-10-16;1-13-3-6-15(7-4-13)16-8-10-17(11-9-16)18-12-5-14(2)19(21)20(18)22;1-11-3-6-13(7-4-11)8-10-14-9-5-12(2)15(17)16(14)18;1-9-3-6-11(7-4-9)12-8-5-10(2)13(15)14(12)16;1-3-4-8-6-5-7(2)9(11)10(8)12;1-3-7-5-4-6(2)8(10)9(7)11;;;;/h7-8,15-16,19-20H,3-6,9-14H2,1-2H3;3-12H,1-2H3;5,8-13,15H,3-4,6-7H2,1-2H3;5,9,11,13H,3-4,6-8,10H2,1-2H3;5,8-9,11H,3-4,6-7H2,1-2H3;5-6H,3-4H2,1-2H3;4-5H,3H2,1-2H3;4*1H4. The highest BCUT2D eigenvalue weighted by Crippen LogP contribution is 2.41. The van der Waals surface area contributed by atoms with Crippen LogP contribution in [-0.2, 0) is 41.9 Å². The van der Waals surface area contributed by atoms with E-state index >= 15 is 0 Å². The molecule has 5 aliphatic carbocycles. The lowest BCUT2D eigenvalue weighted by atomic mass is 9.79. The number of halogens is 14. The predicted octanol–water partition coefficient (Wildman–Crippen LogP) is 36.5. The van der Waals surface area contributed by atoms with Gasteiger partial charge in [-0.15, -0.1) is 0 Å². The van der Waals surface area contributed by atoms with Crippen LogP contribution in [0, 0.1) is 165 Å². The number of aryl methyl sites for hydroxylation is 10. The lowest BCUT2D eigenvalue weighted by Gasteiger charge is -2.27. The third kappa shape index (κ3) is 32.5. The van der Waals surface area contributed by atoms with Gasteiger partial charge in [-0.3, -0.25) is 0 Å². The molecule has 10 aromatic carbocycles. The number of hydrogen-bond acceptors (Lipinski definition) is 2. The number of benzene rings is 10. The van der Waals surface area contributed by atoms with E-state index in [1.807, 2.05) is 57.2 Å². The summed E-state index contributed by atoms with van der Waals surface area (Å²) in [4.78, 5) is 0. The Morgan fingerprint density at radius 3 is 0.901 bits per heavy atom.